The van der Waals surface area contributed by atoms with E-state index in [1.54, 1.807) is 54.6 Å². The third-order valence-corrected chi connectivity index (χ3v) is 4.98. The monoisotopic (exact) mass is 672 g/mol. The van der Waals surface area contributed by atoms with Gasteiger partial charge in [-0.15, -0.1) is 11.6 Å². The quantitative estimate of drug-likeness (QED) is 0.309. The largest absolute Gasteiger partial charge is 4.00 e. The maximum Gasteiger partial charge on any atom is 4.00 e. The van der Waals surface area contributed by atoms with Crippen LogP contribution < -0.4 is 15.3 Å². The molecule has 0 heterocycles. The van der Waals surface area contributed by atoms with Crippen molar-refractivity contribution in [2.24, 2.45) is 0 Å². The molecule has 5 rings (SSSR count). The Labute approximate surface area is 266 Å². The Bertz CT molecular complexity index is 1190. The summed E-state index contributed by atoms with van der Waals surface area (Å²) < 4.78 is 0. The summed E-state index contributed by atoms with van der Waals surface area (Å²) in [5, 5.41) is 30.3. The van der Waals surface area contributed by atoms with Crippen LogP contribution in [0.25, 0.3) is 6.08 Å². The van der Waals surface area contributed by atoms with Crippen molar-refractivity contribution in [3.8, 4) is 0 Å². The molecule has 39 heavy (non-hydrogen) atoms. The Balaban J connectivity index is 0.000000486. The van der Waals surface area contributed by atoms with Gasteiger partial charge in [0.25, 0.3) is 0 Å². The number of hydrogen-bond acceptors (Lipinski definition) is 6. The molecule has 8 heteroatoms. The summed E-state index contributed by atoms with van der Waals surface area (Å²) in [5.41, 5.74) is 3.39. The van der Waals surface area contributed by atoms with Gasteiger partial charge in [-0.2, -0.15) is 5.56 Å². The molecular formula is C31H24O6Zr2. The minimum Gasteiger partial charge on any atom is -0.545 e. The first-order valence-electron chi connectivity index (χ1n) is 11.3. The number of carboxylic acid groups (broad SMARTS) is 3. The number of fused-ring (bicyclic) bond motifs is 1. The summed E-state index contributed by atoms with van der Waals surface area (Å²) in [5.74, 6) is -2.89. The van der Waals surface area contributed by atoms with Crippen molar-refractivity contribution in [1.29, 1.82) is 0 Å². The van der Waals surface area contributed by atoms with E-state index in [0.717, 1.165) is 0 Å². The molecule has 1 aliphatic rings. The molecule has 192 valence electrons. The number of rotatable bonds is 3. The van der Waals surface area contributed by atoms with Crippen molar-refractivity contribution >= 4 is 24.0 Å². The van der Waals surface area contributed by atoms with Gasteiger partial charge in [0, 0.05) is 26.2 Å². The molecule has 4 aromatic rings. The number of aromatic carboxylic acids is 3. The SMILES string of the molecule is CC1[C-]=Cc2ccccc21.O=C([O-])c1ccccc1.O=C([O-])c1ccccc1.O=C([O-])c1ccccc1.[Zr+4].[Zr]. The zero-order valence-corrected chi connectivity index (χ0v) is 26.0. The van der Waals surface area contributed by atoms with Crippen molar-refractivity contribution in [2.75, 3.05) is 0 Å². The van der Waals surface area contributed by atoms with Crippen molar-refractivity contribution < 1.29 is 82.1 Å². The average Bonchev–Trinajstić information content (AvgIpc) is 3.32. The van der Waals surface area contributed by atoms with Gasteiger partial charge in [-0.05, 0) is 16.7 Å². The van der Waals surface area contributed by atoms with Gasteiger partial charge >= 0.3 is 26.2 Å². The molecular weight excluding hydrogens is 651 g/mol. The standard InChI is InChI=1S/C10H9.3C7H6O2.2Zr/c1-8-6-7-9-4-2-3-5-10(8)9;3*8-7(9)6-4-2-1-3-5-6;;/h2-5,7-8H,1H3;3*1-5H,(H,8,9);;/q-1;;;;;+4/p-3. The second-order valence-electron chi connectivity index (χ2n) is 7.62. The fourth-order valence-electron chi connectivity index (χ4n) is 3.06. The summed E-state index contributed by atoms with van der Waals surface area (Å²) in [6.45, 7) is 2.17. The molecule has 1 atom stereocenters. The second kappa shape index (κ2) is 19.8. The molecule has 0 saturated carbocycles. The van der Waals surface area contributed by atoms with Crippen molar-refractivity contribution in [3.63, 3.8) is 0 Å². The molecule has 0 aromatic heterocycles. The van der Waals surface area contributed by atoms with Crippen LogP contribution in [0, 0.1) is 6.08 Å². The van der Waals surface area contributed by atoms with Crippen LogP contribution in [-0.4, -0.2) is 17.9 Å². The van der Waals surface area contributed by atoms with E-state index in [9.17, 15) is 29.7 Å². The number of allylic oxidation sites excluding steroid dienone is 1. The first-order valence-corrected chi connectivity index (χ1v) is 11.3. The number of hydrogen-bond donors (Lipinski definition) is 0. The van der Waals surface area contributed by atoms with E-state index >= 15 is 0 Å². The fourth-order valence-corrected chi connectivity index (χ4v) is 3.06. The minimum absolute atomic E-state index is 0. The van der Waals surface area contributed by atoms with Crippen LogP contribution in [0.3, 0.4) is 0 Å². The smallest absolute Gasteiger partial charge is 0.545 e. The molecule has 0 radical (unpaired) electrons. The number of benzene rings is 4. The molecule has 0 amide bonds. The molecule has 0 N–H and O–H groups in total. The predicted molar refractivity (Wildman–Crippen MR) is 135 cm³/mol. The summed E-state index contributed by atoms with van der Waals surface area (Å²) in [6, 6.07) is 32.6. The maximum absolute atomic E-state index is 10.1. The van der Waals surface area contributed by atoms with E-state index in [-0.39, 0.29) is 69.1 Å². The summed E-state index contributed by atoms with van der Waals surface area (Å²) >= 11 is 0. The zero-order chi connectivity index (χ0) is 27.0. The van der Waals surface area contributed by atoms with Gasteiger partial charge in [-0.3, -0.25) is 6.08 Å². The van der Waals surface area contributed by atoms with Gasteiger partial charge in [0.05, 0.1) is 17.9 Å². The van der Waals surface area contributed by atoms with Crippen molar-refractivity contribution in [1.82, 2.24) is 0 Å². The predicted octanol–water partition coefficient (Wildman–Crippen LogP) is 2.77. The van der Waals surface area contributed by atoms with Gasteiger partial charge in [-0.25, -0.2) is 6.08 Å². The maximum atomic E-state index is 10.1. The zero-order valence-electron chi connectivity index (χ0n) is 21.1. The molecule has 0 saturated heterocycles. The number of carboxylic acids is 3. The van der Waals surface area contributed by atoms with E-state index in [4.69, 9.17) is 0 Å². The van der Waals surface area contributed by atoms with E-state index in [2.05, 4.69) is 43.3 Å². The Morgan fingerprint density at radius 1 is 0.564 bits per heavy atom. The third kappa shape index (κ3) is 13.4. The van der Waals surface area contributed by atoms with Crippen LogP contribution in [0.5, 0.6) is 0 Å². The Kier molecular flexibility index (Phi) is 18.2. The van der Waals surface area contributed by atoms with Gasteiger partial charge in [-0.1, -0.05) is 122 Å². The molecule has 0 bridgehead atoms. The Hall–Kier alpha value is -3.20. The fraction of sp³-hybridized carbons (Fsp3) is 0.0645. The van der Waals surface area contributed by atoms with Crippen LogP contribution in [0.4, 0.5) is 0 Å². The normalized spacial score (nSPS) is 11.6. The third-order valence-electron chi connectivity index (χ3n) is 4.98. The van der Waals surface area contributed by atoms with E-state index in [1.165, 1.54) is 47.5 Å². The van der Waals surface area contributed by atoms with Crippen LogP contribution in [0.1, 0.15) is 55.0 Å². The van der Waals surface area contributed by atoms with E-state index in [0.29, 0.717) is 5.92 Å². The molecule has 1 aliphatic carbocycles. The van der Waals surface area contributed by atoms with Gasteiger partial charge in [0.2, 0.25) is 0 Å². The average molecular weight is 675 g/mol. The molecule has 4 aromatic carbocycles. The Morgan fingerprint density at radius 2 is 0.872 bits per heavy atom. The van der Waals surface area contributed by atoms with Gasteiger partial charge in [0.15, 0.2) is 0 Å². The molecule has 6 nitrogen and oxygen atoms in total. The van der Waals surface area contributed by atoms with Crippen molar-refractivity contribution in [2.45, 2.75) is 12.8 Å². The molecule has 0 fully saturated rings. The van der Waals surface area contributed by atoms with E-state index < -0.39 is 17.9 Å². The number of carbonyl (C=O) groups excluding carboxylic acids is 3. The first kappa shape index (κ1) is 35.8. The van der Waals surface area contributed by atoms with Gasteiger partial charge < -0.3 is 29.7 Å². The van der Waals surface area contributed by atoms with Gasteiger partial charge in [0.1, 0.15) is 0 Å². The molecule has 0 aliphatic heterocycles. The topological polar surface area (TPSA) is 120 Å². The van der Waals surface area contributed by atoms with Crippen LogP contribution in [0.2, 0.25) is 0 Å². The first-order chi connectivity index (χ1) is 17.8. The van der Waals surface area contributed by atoms with Crippen molar-refractivity contribution in [3.05, 3.63) is 149 Å². The number of carbonyl (C=O) groups is 3. The second-order valence-corrected chi connectivity index (χ2v) is 7.62. The van der Waals surface area contributed by atoms with Crippen LogP contribution in [0.15, 0.2) is 115 Å². The molecule has 1 unspecified atom stereocenters. The summed E-state index contributed by atoms with van der Waals surface area (Å²) in [7, 11) is 0. The minimum atomic E-state index is -1.13. The summed E-state index contributed by atoms with van der Waals surface area (Å²) in [4.78, 5) is 30.3. The van der Waals surface area contributed by atoms with E-state index in [1.807, 2.05) is 0 Å². The Morgan fingerprint density at radius 3 is 1.15 bits per heavy atom. The van der Waals surface area contributed by atoms with Crippen LogP contribution >= 0.6 is 0 Å². The summed E-state index contributed by atoms with van der Waals surface area (Å²) in [6.07, 6.45) is 5.33. The van der Waals surface area contributed by atoms with Crippen LogP contribution in [-0.2, 0) is 52.4 Å². The molecule has 0 spiro atoms.